The molecule has 18 heavy (non-hydrogen) atoms. The topological polar surface area (TPSA) is 81.8 Å². The number of carboxylic acids is 1. The average Bonchev–Trinajstić information content (AvgIpc) is 2.37. The third-order valence-electron chi connectivity index (χ3n) is 2.73. The molecule has 1 aromatic rings. The maximum absolute atomic E-state index is 10.6. The fraction of sp³-hybridized carbons (Fsp3) is 0.462. The molecule has 5 nitrogen and oxygen atoms in total. The summed E-state index contributed by atoms with van der Waals surface area (Å²) in [5.41, 5.74) is 7.36. The molecule has 0 aliphatic rings. The molecule has 1 aromatic carbocycles. The average molecular weight is 253 g/mol. The quantitative estimate of drug-likeness (QED) is 0.756. The van der Waals surface area contributed by atoms with Crippen molar-refractivity contribution in [2.45, 2.75) is 18.6 Å². The van der Waals surface area contributed by atoms with Crippen molar-refractivity contribution in [3.8, 4) is 0 Å². The molecule has 0 saturated carbocycles. The largest absolute Gasteiger partial charge is 0.480 e. The third kappa shape index (κ3) is 4.10. The molecule has 100 valence electrons. The van der Waals surface area contributed by atoms with Crippen LogP contribution in [0.3, 0.4) is 0 Å². The predicted octanol–water partition coefficient (Wildman–Crippen LogP) is 0.975. The summed E-state index contributed by atoms with van der Waals surface area (Å²) < 4.78 is 10.3. The van der Waals surface area contributed by atoms with Gasteiger partial charge in [0.05, 0.1) is 6.61 Å². The van der Waals surface area contributed by atoms with Crippen molar-refractivity contribution in [2.75, 3.05) is 20.8 Å². The van der Waals surface area contributed by atoms with E-state index in [0.29, 0.717) is 13.0 Å². The Bertz CT molecular complexity index is 377. The Morgan fingerprint density at radius 1 is 1.33 bits per heavy atom. The summed E-state index contributed by atoms with van der Waals surface area (Å²) in [6.07, 6.45) is 0.203. The molecular weight excluding hydrogens is 234 g/mol. The molecule has 0 radical (unpaired) electrons. The Morgan fingerprint density at radius 3 is 2.39 bits per heavy atom. The Balaban J connectivity index is 2.70. The highest BCUT2D eigenvalue weighted by molar-refractivity contribution is 5.73. The van der Waals surface area contributed by atoms with E-state index in [1.807, 2.05) is 24.3 Å². The monoisotopic (exact) mass is 253 g/mol. The fourth-order valence-corrected chi connectivity index (χ4v) is 1.66. The number of hydrogen-bond donors (Lipinski definition) is 2. The lowest BCUT2D eigenvalue weighted by Crippen LogP contribution is -2.32. The van der Waals surface area contributed by atoms with Crippen LogP contribution in [-0.4, -0.2) is 37.9 Å². The standard InChI is InChI=1S/C13H19NO4/c1-17-8-12(18-2)10-5-3-9(4-6-10)7-11(14)13(15)16/h3-6,11-12H,7-8,14H2,1-2H3,(H,15,16). The summed E-state index contributed by atoms with van der Waals surface area (Å²) in [5.74, 6) is -0.992. The van der Waals surface area contributed by atoms with Gasteiger partial charge in [-0.05, 0) is 17.5 Å². The first-order valence-corrected chi connectivity index (χ1v) is 5.67. The van der Waals surface area contributed by atoms with Gasteiger partial charge >= 0.3 is 5.97 Å². The van der Waals surface area contributed by atoms with E-state index >= 15 is 0 Å². The minimum absolute atomic E-state index is 0.114. The van der Waals surface area contributed by atoms with Crippen molar-refractivity contribution >= 4 is 5.97 Å². The fourth-order valence-electron chi connectivity index (χ4n) is 1.66. The van der Waals surface area contributed by atoms with E-state index in [9.17, 15) is 4.79 Å². The summed E-state index contributed by atoms with van der Waals surface area (Å²) in [6.45, 7) is 0.477. The molecule has 0 aliphatic heterocycles. The number of carbonyl (C=O) groups is 1. The van der Waals surface area contributed by atoms with Crippen molar-refractivity contribution in [1.82, 2.24) is 0 Å². The molecule has 0 amide bonds. The van der Waals surface area contributed by atoms with Gasteiger partial charge in [0.15, 0.2) is 0 Å². The lowest BCUT2D eigenvalue weighted by Gasteiger charge is -2.15. The van der Waals surface area contributed by atoms with Crippen LogP contribution in [-0.2, 0) is 20.7 Å². The van der Waals surface area contributed by atoms with Gasteiger partial charge in [-0.25, -0.2) is 0 Å². The second-order valence-corrected chi connectivity index (χ2v) is 4.07. The summed E-state index contributed by atoms with van der Waals surface area (Å²) in [6, 6.07) is 6.65. The van der Waals surface area contributed by atoms with Gasteiger partial charge in [-0.1, -0.05) is 24.3 Å². The van der Waals surface area contributed by atoms with Gasteiger partial charge in [0, 0.05) is 14.2 Å². The first-order valence-electron chi connectivity index (χ1n) is 5.67. The highest BCUT2D eigenvalue weighted by atomic mass is 16.5. The minimum atomic E-state index is -0.992. The van der Waals surface area contributed by atoms with Crippen LogP contribution in [0.25, 0.3) is 0 Å². The molecular formula is C13H19NO4. The van der Waals surface area contributed by atoms with Gasteiger partial charge in [0.25, 0.3) is 0 Å². The summed E-state index contributed by atoms with van der Waals surface area (Å²) in [5, 5.41) is 8.73. The molecule has 0 saturated heterocycles. The number of nitrogens with two attached hydrogens (primary N) is 1. The van der Waals surface area contributed by atoms with Crippen molar-refractivity contribution in [3.05, 3.63) is 35.4 Å². The highest BCUT2D eigenvalue weighted by Gasteiger charge is 2.13. The van der Waals surface area contributed by atoms with E-state index in [0.717, 1.165) is 11.1 Å². The van der Waals surface area contributed by atoms with Crippen LogP contribution in [0.15, 0.2) is 24.3 Å². The van der Waals surface area contributed by atoms with E-state index in [1.54, 1.807) is 14.2 Å². The van der Waals surface area contributed by atoms with Gasteiger partial charge < -0.3 is 20.3 Å². The molecule has 0 aromatic heterocycles. The number of carboxylic acid groups (broad SMARTS) is 1. The molecule has 0 spiro atoms. The van der Waals surface area contributed by atoms with Gasteiger partial charge in [-0.2, -0.15) is 0 Å². The van der Waals surface area contributed by atoms with Crippen LogP contribution < -0.4 is 5.73 Å². The molecule has 2 unspecified atom stereocenters. The van der Waals surface area contributed by atoms with Crippen LogP contribution in [0.1, 0.15) is 17.2 Å². The van der Waals surface area contributed by atoms with E-state index in [-0.39, 0.29) is 6.10 Å². The Hall–Kier alpha value is -1.43. The van der Waals surface area contributed by atoms with E-state index in [4.69, 9.17) is 20.3 Å². The molecule has 0 bridgehead atoms. The predicted molar refractivity (Wildman–Crippen MR) is 67.4 cm³/mol. The molecule has 0 fully saturated rings. The lowest BCUT2D eigenvalue weighted by atomic mass is 10.0. The first kappa shape index (κ1) is 14.6. The second kappa shape index (κ2) is 7.10. The number of ether oxygens (including phenoxy) is 2. The van der Waals surface area contributed by atoms with Crippen LogP contribution >= 0.6 is 0 Å². The van der Waals surface area contributed by atoms with Crippen molar-refractivity contribution in [3.63, 3.8) is 0 Å². The molecule has 0 heterocycles. The lowest BCUT2D eigenvalue weighted by molar-refractivity contribution is -0.138. The molecule has 1 rings (SSSR count). The van der Waals surface area contributed by atoms with Gasteiger partial charge in [0.1, 0.15) is 12.1 Å². The molecule has 0 aliphatic carbocycles. The molecule has 5 heteroatoms. The number of rotatable bonds is 7. The smallest absolute Gasteiger partial charge is 0.320 e. The number of benzene rings is 1. The van der Waals surface area contributed by atoms with Crippen LogP contribution in [0.2, 0.25) is 0 Å². The van der Waals surface area contributed by atoms with E-state index in [2.05, 4.69) is 0 Å². The zero-order valence-corrected chi connectivity index (χ0v) is 10.6. The number of hydrogen-bond acceptors (Lipinski definition) is 4. The Morgan fingerprint density at radius 2 is 1.94 bits per heavy atom. The number of aliphatic carboxylic acids is 1. The third-order valence-corrected chi connectivity index (χ3v) is 2.73. The van der Waals surface area contributed by atoms with Gasteiger partial charge in [-0.3, -0.25) is 4.79 Å². The maximum atomic E-state index is 10.6. The normalized spacial score (nSPS) is 14.2. The zero-order chi connectivity index (χ0) is 13.5. The minimum Gasteiger partial charge on any atom is -0.480 e. The maximum Gasteiger partial charge on any atom is 0.320 e. The summed E-state index contributed by atoms with van der Waals surface area (Å²) in [4.78, 5) is 10.6. The summed E-state index contributed by atoms with van der Waals surface area (Å²) >= 11 is 0. The van der Waals surface area contributed by atoms with Crippen LogP contribution in [0.5, 0.6) is 0 Å². The molecule has 3 N–H and O–H groups in total. The second-order valence-electron chi connectivity index (χ2n) is 4.07. The van der Waals surface area contributed by atoms with E-state index < -0.39 is 12.0 Å². The number of methoxy groups -OCH3 is 2. The van der Waals surface area contributed by atoms with Gasteiger partial charge in [-0.15, -0.1) is 0 Å². The Kier molecular flexibility index (Phi) is 5.77. The first-order chi connectivity index (χ1) is 8.58. The van der Waals surface area contributed by atoms with Crippen molar-refractivity contribution in [2.24, 2.45) is 5.73 Å². The van der Waals surface area contributed by atoms with Crippen molar-refractivity contribution in [1.29, 1.82) is 0 Å². The van der Waals surface area contributed by atoms with Crippen molar-refractivity contribution < 1.29 is 19.4 Å². The van der Waals surface area contributed by atoms with E-state index in [1.165, 1.54) is 0 Å². The SMILES string of the molecule is COCC(OC)c1ccc(CC(N)C(=O)O)cc1. The van der Waals surface area contributed by atoms with Gasteiger partial charge in [0.2, 0.25) is 0 Å². The molecule has 2 atom stereocenters. The summed E-state index contributed by atoms with van der Waals surface area (Å²) in [7, 11) is 3.24. The zero-order valence-electron chi connectivity index (χ0n) is 10.6. The van der Waals surface area contributed by atoms with Crippen LogP contribution in [0, 0.1) is 0 Å². The highest BCUT2D eigenvalue weighted by Crippen LogP contribution is 2.18. The van der Waals surface area contributed by atoms with Crippen LogP contribution in [0.4, 0.5) is 0 Å². The Labute approximate surface area is 107 Å².